The molecule has 2 aliphatic rings. The number of anilines is 3. The highest BCUT2D eigenvalue weighted by Crippen LogP contribution is 2.37. The van der Waals surface area contributed by atoms with Crippen molar-refractivity contribution in [3.05, 3.63) is 169 Å². The molecule has 4 heterocycles. The number of hydrogen-bond donors (Lipinski definition) is 3. The first-order valence-corrected chi connectivity index (χ1v) is 28.3. The largest absolute Gasteiger partial charge is 0.497 e. The fraction of sp³-hybridized carbons (Fsp3) is 0.419. The van der Waals surface area contributed by atoms with Gasteiger partial charge in [0.2, 0.25) is 11.0 Å². The van der Waals surface area contributed by atoms with Crippen LogP contribution in [-0.2, 0) is 35.7 Å². The quantitative estimate of drug-likeness (QED) is 0.0387. The summed E-state index contributed by atoms with van der Waals surface area (Å²) in [6.45, 7) is 15.3. The number of piperidine rings is 2. The number of hydrogen-bond acceptors (Lipinski definition) is 18. The lowest BCUT2D eigenvalue weighted by molar-refractivity contribution is -0.384. The number of likely N-dealkylation sites (tertiary alicyclic amines) is 2. The number of amides is 2. The molecule has 2 aromatic heterocycles. The number of rotatable bonds is 19. The molecule has 2 aliphatic heterocycles. The van der Waals surface area contributed by atoms with E-state index >= 15 is 0 Å². The molecule has 22 nitrogen and oxygen atoms in total. The Hall–Kier alpha value is -8.63. The Labute approximate surface area is 502 Å². The Morgan fingerprint density at radius 3 is 1.27 bits per heavy atom. The molecule has 4 aromatic carbocycles. The second-order valence-corrected chi connectivity index (χ2v) is 22.6. The van der Waals surface area contributed by atoms with E-state index in [2.05, 4.69) is 50.2 Å². The topological polar surface area (TPSA) is 247 Å². The number of pyridine rings is 2. The van der Waals surface area contributed by atoms with Crippen molar-refractivity contribution in [3.8, 4) is 23.0 Å². The van der Waals surface area contributed by atoms with Gasteiger partial charge < -0.3 is 59.1 Å². The van der Waals surface area contributed by atoms with Crippen molar-refractivity contribution in [2.75, 3.05) is 70.2 Å². The van der Waals surface area contributed by atoms with E-state index in [1.54, 1.807) is 50.5 Å². The summed E-state index contributed by atoms with van der Waals surface area (Å²) in [7, 11) is 6.57. The second kappa shape index (κ2) is 31.3. The summed E-state index contributed by atoms with van der Waals surface area (Å²) in [5.41, 5.74) is 3.50. The summed E-state index contributed by atoms with van der Waals surface area (Å²) in [5.74, 6) is 3.47. The van der Waals surface area contributed by atoms with Gasteiger partial charge in [-0.2, -0.15) is 0 Å². The van der Waals surface area contributed by atoms with Crippen LogP contribution < -0.4 is 39.8 Å². The van der Waals surface area contributed by atoms with Crippen LogP contribution in [-0.4, -0.2) is 120 Å². The second-order valence-electron chi connectivity index (χ2n) is 22.2. The van der Waals surface area contributed by atoms with E-state index in [1.165, 1.54) is 23.4 Å². The van der Waals surface area contributed by atoms with E-state index < -0.39 is 21.0 Å². The lowest BCUT2D eigenvalue weighted by Crippen LogP contribution is -2.47. The first kappa shape index (κ1) is 65.5. The molecule has 85 heavy (non-hydrogen) atoms. The maximum Gasteiger partial charge on any atom is 0.410 e. The number of nitrogens with zero attached hydrogens (tertiary/aromatic N) is 7. The van der Waals surface area contributed by atoms with Crippen molar-refractivity contribution < 1.29 is 47.9 Å². The molecule has 0 bridgehead atoms. The number of carbonyl (C=O) groups excluding carboxylic acids is 2. The van der Waals surface area contributed by atoms with Gasteiger partial charge in [0.05, 0.1) is 38.3 Å². The third-order valence-corrected chi connectivity index (χ3v) is 13.6. The summed E-state index contributed by atoms with van der Waals surface area (Å²) in [6.07, 6.45) is 5.31. The minimum absolute atomic E-state index is 0.117. The van der Waals surface area contributed by atoms with Gasteiger partial charge in [-0.3, -0.25) is 20.2 Å². The van der Waals surface area contributed by atoms with Crippen LogP contribution in [0.1, 0.15) is 89.5 Å². The number of nitrogens with one attached hydrogen (secondary N) is 3. The van der Waals surface area contributed by atoms with Gasteiger partial charge in [0, 0.05) is 76.8 Å². The Morgan fingerprint density at radius 1 is 0.565 bits per heavy atom. The fourth-order valence-electron chi connectivity index (χ4n) is 9.25. The van der Waals surface area contributed by atoms with Crippen molar-refractivity contribution >= 4 is 52.4 Å². The van der Waals surface area contributed by atoms with Crippen LogP contribution in [0.15, 0.2) is 122 Å². The number of nitro groups is 2. The fourth-order valence-corrected chi connectivity index (χ4v) is 9.48. The molecule has 0 unspecified atom stereocenters. The average molecular weight is 1190 g/mol. The predicted molar refractivity (Wildman–Crippen MR) is 328 cm³/mol. The van der Waals surface area contributed by atoms with Crippen LogP contribution in [0, 0.1) is 20.2 Å². The van der Waals surface area contributed by atoms with E-state index in [0.717, 1.165) is 72.9 Å². The zero-order valence-corrected chi connectivity index (χ0v) is 50.9. The van der Waals surface area contributed by atoms with Crippen LogP contribution in [0.25, 0.3) is 0 Å². The van der Waals surface area contributed by atoms with Crippen molar-refractivity contribution in [1.29, 1.82) is 0 Å². The van der Waals surface area contributed by atoms with Crippen molar-refractivity contribution in [2.24, 2.45) is 0 Å². The van der Waals surface area contributed by atoms with E-state index in [4.69, 9.17) is 40.0 Å². The molecule has 0 aliphatic carbocycles. The summed E-state index contributed by atoms with van der Waals surface area (Å²) in [6, 6.07) is 34.2. The number of aromatic nitrogens is 2. The lowest BCUT2D eigenvalue weighted by atomic mass is 10.1. The minimum Gasteiger partial charge on any atom is -0.497 e. The summed E-state index contributed by atoms with van der Waals surface area (Å²) in [5, 5.41) is 33.4. The zero-order valence-electron chi connectivity index (χ0n) is 50.1. The molecule has 3 N–H and O–H groups in total. The monoisotopic (exact) mass is 1190 g/mol. The lowest BCUT2D eigenvalue weighted by Gasteiger charge is -2.34. The van der Waals surface area contributed by atoms with Crippen LogP contribution in [0.5, 0.6) is 23.0 Å². The number of halogens is 1. The Bertz CT molecular complexity index is 3010. The molecule has 6 aromatic rings. The third kappa shape index (κ3) is 20.9. The molecule has 8 rings (SSSR count). The van der Waals surface area contributed by atoms with Gasteiger partial charge in [0.25, 0.3) is 0 Å². The molecule has 456 valence electrons. The smallest absolute Gasteiger partial charge is 0.410 e. The van der Waals surface area contributed by atoms with Gasteiger partial charge >= 0.3 is 23.6 Å². The Kier molecular flexibility index (Phi) is 24.1. The predicted octanol–water partition coefficient (Wildman–Crippen LogP) is 12.5. The minimum atomic E-state index is -0.604. The van der Waals surface area contributed by atoms with E-state index in [-0.39, 0.29) is 46.6 Å². The molecule has 2 fully saturated rings. The highest BCUT2D eigenvalue weighted by molar-refractivity contribution is 6.32. The number of methoxy groups -OCH3 is 4. The van der Waals surface area contributed by atoms with E-state index in [9.17, 15) is 29.8 Å². The summed E-state index contributed by atoms with van der Waals surface area (Å²) >= 11 is 5.82. The van der Waals surface area contributed by atoms with Crippen LogP contribution in [0.4, 0.5) is 38.2 Å². The number of ether oxygens (including phenoxy) is 6. The normalized spacial score (nSPS) is 14.9. The summed E-state index contributed by atoms with van der Waals surface area (Å²) < 4.78 is 31.8. The van der Waals surface area contributed by atoms with Gasteiger partial charge in [-0.1, -0.05) is 60.1 Å². The van der Waals surface area contributed by atoms with Crippen LogP contribution in [0.2, 0.25) is 5.15 Å². The molecule has 2 saturated heterocycles. The highest BCUT2D eigenvalue weighted by Gasteiger charge is 2.33. The zero-order chi connectivity index (χ0) is 61.7. The SMILES string of the molecule is CC(C)(C)OC(=O)N1CCC[C@@H](Nc2ccnc(Cl)c2[N+](=O)[O-])C1.COc1ccc(CN(Cc2ccc(OC)cc2)c2nccc(N[C@@H]3CCCN(C(=O)OC(C)(C)C)C3)c2[N+](=O)[O-])cc1.COc1ccc(CNCc2ccc(OC)cc2)cc1. The van der Waals surface area contributed by atoms with E-state index in [0.29, 0.717) is 50.6 Å². The molecular weight excluding hydrogens is 1110 g/mol. The molecule has 0 spiro atoms. The van der Waals surface area contributed by atoms with E-state index in [1.807, 2.05) is 119 Å². The Balaban J connectivity index is 0.000000226. The molecule has 23 heteroatoms. The van der Waals surface area contributed by atoms with Crippen molar-refractivity contribution in [2.45, 2.75) is 117 Å². The van der Waals surface area contributed by atoms with Gasteiger partial charge in [-0.25, -0.2) is 19.6 Å². The standard InChI is InChI=1S/C31H39N5O6.C16H19NO2.C15H21ClN4O4/c1-31(2,3)42-30(37)34-18-6-7-24(21-34)33-27-16-17-32-29(28(27)36(38)39)35(19-22-8-12-25(40-4)13-9-22)20-23-10-14-26(41-5)15-11-23;1-18-15-7-3-13(4-8-15)11-17-12-14-5-9-16(19-2)10-6-14;1-15(2,3)24-14(21)19-8-4-5-10(9-19)18-11-6-7-17-13(16)12(11)20(22)23/h8-17,24H,6-7,18-21H2,1-5H3,(H,32,33);3-10,17H,11-12H2,1-2H3;6-7,10H,4-5,8-9H2,1-3H3,(H,17,18)/t24-;;10-/m1.1/s1. The summed E-state index contributed by atoms with van der Waals surface area (Å²) in [4.78, 5) is 61.1. The molecule has 0 radical (unpaired) electrons. The highest BCUT2D eigenvalue weighted by atomic mass is 35.5. The molecule has 0 saturated carbocycles. The van der Waals surface area contributed by atoms with Crippen molar-refractivity contribution in [1.82, 2.24) is 25.1 Å². The van der Waals surface area contributed by atoms with Crippen molar-refractivity contribution in [3.63, 3.8) is 0 Å². The first-order chi connectivity index (χ1) is 40.5. The van der Waals surface area contributed by atoms with Crippen LogP contribution in [0.3, 0.4) is 0 Å². The maximum absolute atomic E-state index is 12.7. The van der Waals surface area contributed by atoms with Gasteiger partial charge in [0.15, 0.2) is 0 Å². The molecular formula is C62H79ClN10O12. The average Bonchev–Trinajstić information content (AvgIpc) is 2.33. The number of benzene rings is 4. The van der Waals surface area contributed by atoms with Crippen LogP contribution >= 0.6 is 11.6 Å². The third-order valence-electron chi connectivity index (χ3n) is 13.4. The first-order valence-electron chi connectivity index (χ1n) is 27.9. The van der Waals surface area contributed by atoms with Gasteiger partial charge in [0.1, 0.15) is 45.6 Å². The number of carbonyl (C=O) groups is 2. The van der Waals surface area contributed by atoms with Gasteiger partial charge in [-0.05, 0) is 150 Å². The van der Waals surface area contributed by atoms with Gasteiger partial charge in [-0.15, -0.1) is 0 Å². The Morgan fingerprint density at radius 2 is 0.918 bits per heavy atom. The molecule has 2 atom stereocenters. The molecule has 2 amide bonds. The maximum atomic E-state index is 12.7.